The number of amides is 1. The van der Waals surface area contributed by atoms with Crippen LogP contribution < -0.4 is 5.32 Å². The Balaban J connectivity index is 2.26. The fraction of sp³-hybridized carbons (Fsp3) is 0.889. The average Bonchev–Trinajstić information content (AvgIpc) is 2.17. The molecule has 2 heterocycles. The van der Waals surface area contributed by atoms with Crippen molar-refractivity contribution in [3.63, 3.8) is 0 Å². The summed E-state index contributed by atoms with van der Waals surface area (Å²) in [6.07, 6.45) is 1.43. The van der Waals surface area contributed by atoms with Crippen molar-refractivity contribution in [3.05, 3.63) is 0 Å². The van der Waals surface area contributed by atoms with Gasteiger partial charge in [-0.3, -0.25) is 4.79 Å². The highest BCUT2D eigenvalue weighted by molar-refractivity contribution is 7.91. The maximum absolute atomic E-state index is 11.4. The molecule has 0 aromatic rings. The van der Waals surface area contributed by atoms with E-state index >= 15 is 0 Å². The molecule has 5 nitrogen and oxygen atoms in total. The highest BCUT2D eigenvalue weighted by atomic mass is 32.2. The van der Waals surface area contributed by atoms with E-state index in [4.69, 9.17) is 0 Å². The largest absolute Gasteiger partial charge is 0.396 e. The number of hydrogen-bond acceptors (Lipinski definition) is 4. The van der Waals surface area contributed by atoms with Crippen LogP contribution in [0.15, 0.2) is 0 Å². The number of rotatable bonds is 1. The van der Waals surface area contributed by atoms with Gasteiger partial charge in [0.25, 0.3) is 0 Å². The first-order valence-electron chi connectivity index (χ1n) is 5.08. The molecule has 15 heavy (non-hydrogen) atoms. The first-order chi connectivity index (χ1) is 6.97. The lowest BCUT2D eigenvalue weighted by Gasteiger charge is -2.45. The van der Waals surface area contributed by atoms with Gasteiger partial charge in [0.05, 0.1) is 24.2 Å². The smallest absolute Gasteiger partial charge is 0.220 e. The fourth-order valence-electron chi connectivity index (χ4n) is 2.44. The molecule has 2 aliphatic heterocycles. The Labute approximate surface area is 88.8 Å². The summed E-state index contributed by atoms with van der Waals surface area (Å²) in [7, 11) is -3.05. The van der Waals surface area contributed by atoms with E-state index in [9.17, 15) is 18.3 Å². The van der Waals surface area contributed by atoms with Gasteiger partial charge in [-0.25, -0.2) is 8.42 Å². The third kappa shape index (κ3) is 1.88. The Kier molecular flexibility index (Phi) is 2.50. The normalized spacial score (nSPS) is 39.3. The summed E-state index contributed by atoms with van der Waals surface area (Å²) in [6.45, 7) is -0.0481. The second kappa shape index (κ2) is 3.45. The molecule has 1 amide bonds. The van der Waals surface area contributed by atoms with Gasteiger partial charge in [-0.1, -0.05) is 0 Å². The second-order valence-corrected chi connectivity index (χ2v) is 6.73. The van der Waals surface area contributed by atoms with Gasteiger partial charge in [0.1, 0.15) is 0 Å². The van der Waals surface area contributed by atoms with E-state index in [1.165, 1.54) is 0 Å². The number of aliphatic hydroxyl groups is 1. The summed E-state index contributed by atoms with van der Waals surface area (Å²) in [5.41, 5.74) is -0.404. The number of carbonyl (C=O) groups excluding carboxylic acids is 1. The van der Waals surface area contributed by atoms with E-state index in [2.05, 4.69) is 5.32 Å². The summed E-state index contributed by atoms with van der Waals surface area (Å²) in [4.78, 5) is 11.2. The SMILES string of the molecule is O=C1CCC2(CO)CCS(=O)(=O)CC2N1. The zero-order valence-electron chi connectivity index (χ0n) is 8.40. The maximum Gasteiger partial charge on any atom is 0.220 e. The van der Waals surface area contributed by atoms with Crippen molar-refractivity contribution in [1.82, 2.24) is 5.32 Å². The van der Waals surface area contributed by atoms with Gasteiger partial charge in [0.2, 0.25) is 5.91 Å². The molecule has 0 radical (unpaired) electrons. The predicted molar refractivity (Wildman–Crippen MR) is 54.0 cm³/mol. The van der Waals surface area contributed by atoms with Crippen LogP contribution in [0.5, 0.6) is 0 Å². The molecule has 0 aromatic heterocycles. The summed E-state index contributed by atoms with van der Waals surface area (Å²) in [6, 6.07) is -0.400. The van der Waals surface area contributed by atoms with Crippen LogP contribution in [0.25, 0.3) is 0 Å². The third-order valence-electron chi connectivity index (χ3n) is 3.57. The Morgan fingerprint density at radius 1 is 1.47 bits per heavy atom. The zero-order chi connectivity index (χ0) is 11.1. The van der Waals surface area contributed by atoms with Crippen molar-refractivity contribution in [3.8, 4) is 0 Å². The molecule has 0 spiro atoms. The molecule has 2 unspecified atom stereocenters. The topological polar surface area (TPSA) is 83.5 Å². The second-order valence-electron chi connectivity index (χ2n) is 4.50. The van der Waals surface area contributed by atoms with E-state index in [1.54, 1.807) is 0 Å². The minimum absolute atomic E-state index is 0.0285. The Morgan fingerprint density at radius 2 is 2.20 bits per heavy atom. The molecule has 0 aromatic carbocycles. The molecule has 0 bridgehead atoms. The number of hydrogen-bond donors (Lipinski definition) is 2. The lowest BCUT2D eigenvalue weighted by molar-refractivity contribution is -0.127. The molecular weight excluding hydrogens is 218 g/mol. The van der Waals surface area contributed by atoms with Gasteiger partial charge in [0, 0.05) is 11.8 Å². The van der Waals surface area contributed by atoms with Crippen molar-refractivity contribution in [2.24, 2.45) is 5.41 Å². The van der Waals surface area contributed by atoms with Gasteiger partial charge in [0.15, 0.2) is 9.84 Å². The monoisotopic (exact) mass is 233 g/mol. The minimum atomic E-state index is -3.05. The lowest BCUT2D eigenvalue weighted by atomic mass is 9.73. The summed E-state index contributed by atoms with van der Waals surface area (Å²) in [5, 5.41) is 12.1. The van der Waals surface area contributed by atoms with Crippen LogP contribution in [0, 0.1) is 5.41 Å². The molecule has 2 saturated heterocycles. The first kappa shape index (κ1) is 10.9. The van der Waals surface area contributed by atoms with Crippen molar-refractivity contribution < 1.29 is 18.3 Å². The van der Waals surface area contributed by atoms with Crippen LogP contribution in [0.4, 0.5) is 0 Å². The van der Waals surface area contributed by atoms with E-state index in [0.29, 0.717) is 19.3 Å². The highest BCUT2D eigenvalue weighted by Gasteiger charge is 2.48. The number of sulfone groups is 1. The van der Waals surface area contributed by atoms with Crippen LogP contribution in [-0.4, -0.2) is 43.6 Å². The van der Waals surface area contributed by atoms with Gasteiger partial charge >= 0.3 is 0 Å². The number of piperidine rings is 1. The lowest BCUT2D eigenvalue weighted by Crippen LogP contribution is -2.60. The summed E-state index contributed by atoms with van der Waals surface area (Å²) < 4.78 is 22.9. The Hall–Kier alpha value is -0.620. The third-order valence-corrected chi connectivity index (χ3v) is 5.24. The maximum atomic E-state index is 11.4. The van der Waals surface area contributed by atoms with Crippen LogP contribution in [0.2, 0.25) is 0 Å². The van der Waals surface area contributed by atoms with Gasteiger partial charge in [-0.2, -0.15) is 0 Å². The molecule has 6 heteroatoms. The molecule has 2 aliphatic rings. The van der Waals surface area contributed by atoms with Crippen molar-refractivity contribution >= 4 is 15.7 Å². The van der Waals surface area contributed by atoms with Crippen molar-refractivity contribution in [1.29, 1.82) is 0 Å². The number of fused-ring (bicyclic) bond motifs is 1. The van der Waals surface area contributed by atoms with Gasteiger partial charge in [-0.05, 0) is 12.8 Å². The van der Waals surface area contributed by atoms with Crippen LogP contribution in [0.3, 0.4) is 0 Å². The van der Waals surface area contributed by atoms with Crippen LogP contribution >= 0.6 is 0 Å². The van der Waals surface area contributed by atoms with E-state index < -0.39 is 21.3 Å². The predicted octanol–water partition coefficient (Wildman–Crippen LogP) is -0.938. The summed E-state index contributed by atoms with van der Waals surface area (Å²) >= 11 is 0. The van der Waals surface area contributed by atoms with Gasteiger partial charge < -0.3 is 10.4 Å². The zero-order valence-corrected chi connectivity index (χ0v) is 9.22. The molecule has 2 fully saturated rings. The standard InChI is InChI=1S/C9H15NO4S/c11-6-9-2-1-8(12)10-7(9)5-15(13,14)4-3-9/h7,11H,1-6H2,(H,10,12). The number of nitrogens with one attached hydrogen (secondary N) is 1. The molecule has 2 rings (SSSR count). The molecular formula is C9H15NO4S. The van der Waals surface area contributed by atoms with Crippen molar-refractivity contribution in [2.75, 3.05) is 18.1 Å². The fourth-order valence-corrected chi connectivity index (χ4v) is 4.27. The Morgan fingerprint density at radius 3 is 2.87 bits per heavy atom. The first-order valence-corrected chi connectivity index (χ1v) is 6.90. The Bertz CT molecular complexity index is 378. The molecule has 0 saturated carbocycles. The van der Waals surface area contributed by atoms with Gasteiger partial charge in [-0.15, -0.1) is 0 Å². The van der Waals surface area contributed by atoms with Crippen LogP contribution in [-0.2, 0) is 14.6 Å². The molecule has 0 aliphatic carbocycles. The van der Waals surface area contributed by atoms with Crippen LogP contribution in [0.1, 0.15) is 19.3 Å². The van der Waals surface area contributed by atoms with E-state index in [-0.39, 0.29) is 24.0 Å². The van der Waals surface area contributed by atoms with Crippen molar-refractivity contribution in [2.45, 2.75) is 25.3 Å². The highest BCUT2D eigenvalue weighted by Crippen LogP contribution is 2.39. The molecule has 86 valence electrons. The summed E-state index contributed by atoms with van der Waals surface area (Å²) in [5.74, 6) is -0.0136. The molecule has 2 atom stereocenters. The molecule has 2 N–H and O–H groups in total. The average molecular weight is 233 g/mol. The van der Waals surface area contributed by atoms with E-state index in [0.717, 1.165) is 0 Å². The quantitative estimate of drug-likeness (QED) is 0.612. The van der Waals surface area contributed by atoms with E-state index in [1.807, 2.05) is 0 Å². The number of carbonyl (C=O) groups is 1. The number of aliphatic hydroxyl groups excluding tert-OH is 1. The minimum Gasteiger partial charge on any atom is -0.396 e.